The van der Waals surface area contributed by atoms with Gasteiger partial charge in [0, 0.05) is 56.1 Å². The van der Waals surface area contributed by atoms with Crippen molar-refractivity contribution in [2.75, 3.05) is 22.9 Å². The summed E-state index contributed by atoms with van der Waals surface area (Å²) in [6, 6.07) is 21.1. The Bertz CT molecular complexity index is 1330. The molecule has 7 rings (SSSR count). The van der Waals surface area contributed by atoms with Crippen molar-refractivity contribution in [3.8, 4) is 0 Å². The minimum Gasteiger partial charge on any atom is -0.369 e. The van der Waals surface area contributed by atoms with Crippen LogP contribution in [0.2, 0.25) is 0 Å². The van der Waals surface area contributed by atoms with Gasteiger partial charge in [0.1, 0.15) is 0 Å². The van der Waals surface area contributed by atoms with Crippen LogP contribution in [0.4, 0.5) is 11.4 Å². The van der Waals surface area contributed by atoms with Gasteiger partial charge in [-0.05, 0) is 105 Å². The van der Waals surface area contributed by atoms with E-state index in [4.69, 9.17) is 0 Å². The second-order valence-electron chi connectivity index (χ2n) is 13.3. The molecule has 39 heavy (non-hydrogen) atoms. The van der Waals surface area contributed by atoms with E-state index in [0.717, 1.165) is 0 Å². The first-order valence-electron chi connectivity index (χ1n) is 15.1. The Morgan fingerprint density at radius 2 is 1.15 bits per heavy atom. The molecule has 0 aromatic heterocycles. The van der Waals surface area contributed by atoms with Crippen LogP contribution in [0.3, 0.4) is 0 Å². The first-order valence-corrected chi connectivity index (χ1v) is 16.8. The van der Waals surface area contributed by atoms with E-state index in [1.165, 1.54) is 105 Å². The van der Waals surface area contributed by atoms with Crippen LogP contribution in [0.25, 0.3) is 0 Å². The van der Waals surface area contributed by atoms with E-state index < -0.39 is 0 Å². The largest absolute Gasteiger partial charge is 0.369 e. The van der Waals surface area contributed by atoms with Crippen molar-refractivity contribution in [2.24, 2.45) is 0 Å². The zero-order valence-electron chi connectivity index (χ0n) is 24.2. The van der Waals surface area contributed by atoms with E-state index in [1.807, 2.05) is 23.5 Å². The third kappa shape index (κ3) is 4.52. The summed E-state index contributed by atoms with van der Waals surface area (Å²) in [5.74, 6) is 0. The number of hydrogen-bond donors (Lipinski definition) is 0. The van der Waals surface area contributed by atoms with Gasteiger partial charge >= 0.3 is 0 Å². The van der Waals surface area contributed by atoms with Crippen LogP contribution in [0.5, 0.6) is 0 Å². The van der Waals surface area contributed by atoms with Crippen LogP contribution >= 0.6 is 23.5 Å². The summed E-state index contributed by atoms with van der Waals surface area (Å²) in [5.41, 5.74) is 8.91. The van der Waals surface area contributed by atoms with Crippen molar-refractivity contribution in [3.05, 3.63) is 54.1 Å². The van der Waals surface area contributed by atoms with Gasteiger partial charge in [0.15, 0.2) is 0 Å². The molecular formula is C34H41BN2S2. The van der Waals surface area contributed by atoms with Crippen LogP contribution in [0.15, 0.2) is 68.1 Å². The second kappa shape index (κ2) is 9.84. The van der Waals surface area contributed by atoms with Gasteiger partial charge in [-0.1, -0.05) is 67.4 Å². The minimum absolute atomic E-state index is 0.124. The molecule has 0 aliphatic carbocycles. The molecule has 202 valence electrons. The van der Waals surface area contributed by atoms with Crippen molar-refractivity contribution < 1.29 is 0 Å². The van der Waals surface area contributed by atoms with E-state index >= 15 is 0 Å². The van der Waals surface area contributed by atoms with Crippen molar-refractivity contribution >= 4 is 58.0 Å². The monoisotopic (exact) mass is 552 g/mol. The smallest absolute Gasteiger partial charge is 0.247 e. The Labute approximate surface area is 244 Å². The van der Waals surface area contributed by atoms with Crippen LogP contribution in [-0.2, 0) is 5.41 Å². The highest BCUT2D eigenvalue weighted by atomic mass is 32.2. The van der Waals surface area contributed by atoms with E-state index in [1.54, 1.807) is 0 Å². The topological polar surface area (TPSA) is 6.48 Å². The normalized spacial score (nSPS) is 22.3. The lowest BCUT2D eigenvalue weighted by Gasteiger charge is -2.39. The number of fused-ring (bicyclic) bond motifs is 4. The maximum Gasteiger partial charge on any atom is 0.247 e. The van der Waals surface area contributed by atoms with E-state index in [2.05, 4.69) is 92.9 Å². The molecule has 0 radical (unpaired) electrons. The van der Waals surface area contributed by atoms with Gasteiger partial charge in [0.25, 0.3) is 0 Å². The van der Waals surface area contributed by atoms with Crippen molar-refractivity contribution in [2.45, 2.75) is 110 Å². The number of nitrogens with zero attached hydrogens (tertiary/aromatic N) is 2. The molecule has 2 fully saturated rings. The maximum atomic E-state index is 2.65. The quantitative estimate of drug-likeness (QED) is 0.214. The van der Waals surface area contributed by atoms with Crippen molar-refractivity contribution in [1.29, 1.82) is 0 Å². The van der Waals surface area contributed by atoms with Gasteiger partial charge in [0.2, 0.25) is 6.71 Å². The van der Waals surface area contributed by atoms with Gasteiger partial charge < -0.3 is 9.80 Å². The lowest BCUT2D eigenvalue weighted by atomic mass is 9.36. The predicted octanol–water partition coefficient (Wildman–Crippen LogP) is 7.19. The molecule has 0 spiro atoms. The average molecular weight is 553 g/mol. The van der Waals surface area contributed by atoms with Crippen LogP contribution < -0.4 is 26.2 Å². The Morgan fingerprint density at radius 3 is 1.59 bits per heavy atom. The highest BCUT2D eigenvalue weighted by Crippen LogP contribution is 2.43. The van der Waals surface area contributed by atoms with Crippen molar-refractivity contribution in [3.63, 3.8) is 0 Å². The molecule has 2 atom stereocenters. The van der Waals surface area contributed by atoms with Gasteiger partial charge in [0.05, 0.1) is 0 Å². The van der Waals surface area contributed by atoms with Gasteiger partial charge in [-0.15, -0.1) is 0 Å². The molecule has 2 saturated heterocycles. The third-order valence-electron chi connectivity index (χ3n) is 9.58. The van der Waals surface area contributed by atoms with Crippen molar-refractivity contribution in [1.82, 2.24) is 0 Å². The molecule has 4 aliphatic heterocycles. The van der Waals surface area contributed by atoms with E-state index in [9.17, 15) is 0 Å². The fourth-order valence-corrected chi connectivity index (χ4v) is 9.78. The summed E-state index contributed by atoms with van der Waals surface area (Å²) in [5, 5.41) is 0. The fraction of sp³-hybridized carbons (Fsp3) is 0.471. The maximum absolute atomic E-state index is 2.65. The lowest BCUT2D eigenvalue weighted by Crippen LogP contribution is -2.58. The number of piperidine rings is 2. The number of hydrogen-bond acceptors (Lipinski definition) is 4. The van der Waals surface area contributed by atoms with Crippen LogP contribution in [0, 0.1) is 0 Å². The number of anilines is 2. The Kier molecular flexibility index (Phi) is 6.55. The average Bonchev–Trinajstić information content (AvgIpc) is 2.92. The molecule has 4 aliphatic rings. The molecule has 0 bridgehead atoms. The molecule has 2 nitrogen and oxygen atoms in total. The molecule has 4 heterocycles. The molecule has 2 unspecified atom stereocenters. The van der Waals surface area contributed by atoms with E-state index in [-0.39, 0.29) is 5.41 Å². The summed E-state index contributed by atoms with van der Waals surface area (Å²) in [6.45, 7) is 14.5. The van der Waals surface area contributed by atoms with Gasteiger partial charge in [-0.2, -0.15) is 0 Å². The summed E-state index contributed by atoms with van der Waals surface area (Å²) in [7, 11) is 0. The lowest BCUT2D eigenvalue weighted by molar-refractivity contribution is 0.484. The first kappa shape index (κ1) is 26.0. The third-order valence-corrected chi connectivity index (χ3v) is 11.8. The molecule has 0 N–H and O–H groups in total. The standard InChI is InChI=1S/C34H41BN2S2/c1-22-10-6-8-16-36(22)25-12-14-27-29(20-25)38-31-18-24(34(3,4)5)19-32-33(31)35(27)28-15-13-26(21-30(28)39-32)37-17-9-7-11-23(37)2/h12-15,18-23H,6-11,16-17H2,1-5H3. The Hall–Kier alpha value is -1.98. The number of benzene rings is 3. The summed E-state index contributed by atoms with van der Waals surface area (Å²) < 4.78 is 0. The predicted molar refractivity (Wildman–Crippen MR) is 172 cm³/mol. The molecule has 0 amide bonds. The Balaban J connectivity index is 1.36. The molecule has 3 aromatic rings. The van der Waals surface area contributed by atoms with Crippen LogP contribution in [0.1, 0.15) is 78.7 Å². The highest BCUT2D eigenvalue weighted by Gasteiger charge is 2.39. The Morgan fingerprint density at radius 1 is 0.667 bits per heavy atom. The molecule has 3 aromatic carbocycles. The number of rotatable bonds is 2. The van der Waals surface area contributed by atoms with Gasteiger partial charge in [-0.25, -0.2) is 0 Å². The SMILES string of the molecule is CC1CCCCN1c1ccc2c(c1)Sc1cc(C(C)(C)C)cc3c1B2c1ccc(N2CCCCC2C)cc1S3. The summed E-state index contributed by atoms with van der Waals surface area (Å²) in [6.07, 6.45) is 7.94. The first-order chi connectivity index (χ1) is 18.8. The van der Waals surface area contributed by atoms with Gasteiger partial charge in [-0.3, -0.25) is 0 Å². The highest BCUT2D eigenvalue weighted by molar-refractivity contribution is 8.01. The zero-order valence-corrected chi connectivity index (χ0v) is 25.9. The molecule has 5 heteroatoms. The van der Waals surface area contributed by atoms with Crippen LogP contribution in [-0.4, -0.2) is 31.9 Å². The molecule has 0 saturated carbocycles. The fourth-order valence-electron chi connectivity index (χ4n) is 7.22. The molecular weight excluding hydrogens is 511 g/mol. The van der Waals surface area contributed by atoms with E-state index in [0.29, 0.717) is 18.8 Å². The second-order valence-corrected chi connectivity index (χ2v) is 15.5. The zero-order chi connectivity index (χ0) is 26.9. The summed E-state index contributed by atoms with van der Waals surface area (Å²) in [4.78, 5) is 11.1. The minimum atomic E-state index is 0.124. The summed E-state index contributed by atoms with van der Waals surface area (Å²) >= 11 is 4.02.